The van der Waals surface area contributed by atoms with Gasteiger partial charge in [0.05, 0.1) is 0 Å². The Labute approximate surface area is 109 Å². The molecular weight excluding hydrogens is 224 g/mol. The zero-order valence-corrected chi connectivity index (χ0v) is 10.4. The standard InChI is InChI=1S/C8H10O2.C8H8/c1-4-7(5-2)10-8(9)6-3;1-2-8-6-4-3-5-7-8/h4-7H,1-3H2;2-7H,1H2. The smallest absolute Gasteiger partial charge is 0.331 e. The van der Waals surface area contributed by atoms with E-state index in [-0.39, 0.29) is 0 Å². The number of carbonyl (C=O) groups is 1. The average molecular weight is 242 g/mol. The molecule has 1 rings (SSSR count). The maximum Gasteiger partial charge on any atom is 0.331 e. The van der Waals surface area contributed by atoms with Crippen LogP contribution in [0.3, 0.4) is 0 Å². The first-order valence-electron chi connectivity index (χ1n) is 5.43. The summed E-state index contributed by atoms with van der Waals surface area (Å²) in [5.41, 5.74) is 1.17. The number of benzene rings is 1. The minimum absolute atomic E-state index is 0.412. The number of esters is 1. The van der Waals surface area contributed by atoms with E-state index >= 15 is 0 Å². The molecule has 1 aromatic rings. The minimum atomic E-state index is -0.468. The molecule has 0 amide bonds. The van der Waals surface area contributed by atoms with Gasteiger partial charge in [-0.1, -0.05) is 62.7 Å². The summed E-state index contributed by atoms with van der Waals surface area (Å²) < 4.78 is 4.70. The first-order chi connectivity index (χ1) is 8.67. The molecule has 2 nitrogen and oxygen atoms in total. The van der Waals surface area contributed by atoms with Crippen molar-refractivity contribution >= 4 is 12.0 Å². The SMILES string of the molecule is C=CC(=O)OC(C=C)C=C.C=Cc1ccccc1. The van der Waals surface area contributed by atoms with Crippen LogP contribution < -0.4 is 0 Å². The molecule has 2 heteroatoms. The zero-order valence-electron chi connectivity index (χ0n) is 10.4. The van der Waals surface area contributed by atoms with Gasteiger partial charge < -0.3 is 4.74 Å². The van der Waals surface area contributed by atoms with E-state index < -0.39 is 12.1 Å². The molecule has 0 unspecified atom stereocenters. The molecule has 0 radical (unpaired) electrons. The van der Waals surface area contributed by atoms with E-state index in [0.717, 1.165) is 6.08 Å². The number of hydrogen-bond acceptors (Lipinski definition) is 2. The van der Waals surface area contributed by atoms with Crippen molar-refractivity contribution in [3.63, 3.8) is 0 Å². The molecule has 0 aliphatic rings. The van der Waals surface area contributed by atoms with Gasteiger partial charge in [0.1, 0.15) is 6.10 Å². The van der Waals surface area contributed by atoms with Gasteiger partial charge in [-0.2, -0.15) is 0 Å². The van der Waals surface area contributed by atoms with Crippen molar-refractivity contribution in [3.05, 3.63) is 80.4 Å². The summed E-state index contributed by atoms with van der Waals surface area (Å²) in [4.78, 5) is 10.5. The molecular formula is C16H18O2. The normalized spacial score (nSPS) is 8.50. The van der Waals surface area contributed by atoms with Gasteiger partial charge in [0.15, 0.2) is 0 Å². The fraction of sp³-hybridized carbons (Fsp3) is 0.0625. The Morgan fingerprint density at radius 2 is 1.61 bits per heavy atom. The number of carbonyl (C=O) groups excluding carboxylic acids is 1. The maximum absolute atomic E-state index is 10.5. The van der Waals surface area contributed by atoms with Crippen molar-refractivity contribution < 1.29 is 9.53 Å². The third kappa shape index (κ3) is 7.01. The van der Waals surface area contributed by atoms with Gasteiger partial charge in [-0.3, -0.25) is 0 Å². The fourth-order valence-electron chi connectivity index (χ4n) is 0.964. The molecule has 0 spiro atoms. The van der Waals surface area contributed by atoms with Crippen LogP contribution in [0.25, 0.3) is 6.08 Å². The molecule has 18 heavy (non-hydrogen) atoms. The summed E-state index contributed by atoms with van der Waals surface area (Å²) in [6.45, 7) is 13.7. The highest BCUT2D eigenvalue weighted by molar-refractivity contribution is 5.81. The lowest BCUT2D eigenvalue weighted by atomic mass is 10.2. The Morgan fingerprint density at radius 1 is 1.06 bits per heavy atom. The van der Waals surface area contributed by atoms with E-state index in [1.165, 1.54) is 17.7 Å². The van der Waals surface area contributed by atoms with Gasteiger partial charge in [0, 0.05) is 6.08 Å². The first kappa shape index (κ1) is 15.7. The molecule has 0 aromatic heterocycles. The molecule has 1 aromatic carbocycles. The quantitative estimate of drug-likeness (QED) is 0.446. The van der Waals surface area contributed by atoms with Crippen molar-refractivity contribution in [2.45, 2.75) is 6.10 Å². The number of rotatable bonds is 5. The van der Waals surface area contributed by atoms with Gasteiger partial charge in [0.2, 0.25) is 0 Å². The topological polar surface area (TPSA) is 26.3 Å². The Kier molecular flexibility index (Phi) is 8.56. The van der Waals surface area contributed by atoms with Crippen LogP contribution in [0, 0.1) is 0 Å². The van der Waals surface area contributed by atoms with Crippen LogP contribution in [-0.2, 0) is 9.53 Å². The Hall–Kier alpha value is -2.35. The van der Waals surface area contributed by atoms with E-state index in [9.17, 15) is 4.79 Å². The van der Waals surface area contributed by atoms with Crippen molar-refractivity contribution in [1.82, 2.24) is 0 Å². The predicted octanol–water partition coefficient (Wildman–Crippen LogP) is 3.79. The zero-order chi connectivity index (χ0) is 13.8. The maximum atomic E-state index is 10.5. The highest BCUT2D eigenvalue weighted by atomic mass is 16.5. The van der Waals surface area contributed by atoms with Crippen LogP contribution in [0.4, 0.5) is 0 Å². The summed E-state index contributed by atoms with van der Waals surface area (Å²) in [7, 11) is 0. The van der Waals surface area contributed by atoms with E-state index in [1.54, 1.807) is 0 Å². The lowest BCUT2D eigenvalue weighted by Crippen LogP contribution is -2.10. The summed E-state index contributed by atoms with van der Waals surface area (Å²) in [5, 5.41) is 0. The first-order valence-corrected chi connectivity index (χ1v) is 5.43. The molecule has 0 N–H and O–H groups in total. The van der Waals surface area contributed by atoms with Crippen LogP contribution in [0.5, 0.6) is 0 Å². The average Bonchev–Trinajstić information content (AvgIpc) is 2.45. The molecule has 0 fully saturated rings. The highest BCUT2D eigenvalue weighted by Crippen LogP contribution is 1.97. The van der Waals surface area contributed by atoms with Gasteiger partial charge >= 0.3 is 5.97 Å². The monoisotopic (exact) mass is 242 g/mol. The molecule has 0 saturated carbocycles. The summed E-state index contributed by atoms with van der Waals surface area (Å²) in [5.74, 6) is -0.468. The minimum Gasteiger partial charge on any atom is -0.451 e. The van der Waals surface area contributed by atoms with Crippen LogP contribution in [-0.4, -0.2) is 12.1 Å². The molecule has 0 aliphatic carbocycles. The van der Waals surface area contributed by atoms with E-state index in [0.29, 0.717) is 0 Å². The summed E-state index contributed by atoms with van der Waals surface area (Å²) in [6, 6.07) is 10.0. The van der Waals surface area contributed by atoms with Gasteiger partial charge in [-0.15, -0.1) is 0 Å². The Bertz CT molecular complexity index is 396. The van der Waals surface area contributed by atoms with E-state index in [1.807, 2.05) is 36.4 Å². The van der Waals surface area contributed by atoms with Crippen LogP contribution in [0.2, 0.25) is 0 Å². The highest BCUT2D eigenvalue weighted by Gasteiger charge is 2.01. The second-order valence-electron chi connectivity index (χ2n) is 3.19. The summed E-state index contributed by atoms with van der Waals surface area (Å²) in [6.07, 6.45) is 5.48. The number of ether oxygens (including phenoxy) is 1. The van der Waals surface area contributed by atoms with Crippen molar-refractivity contribution in [2.24, 2.45) is 0 Å². The number of hydrogen-bond donors (Lipinski definition) is 0. The molecule has 0 saturated heterocycles. The predicted molar refractivity (Wildman–Crippen MR) is 77.0 cm³/mol. The fourth-order valence-corrected chi connectivity index (χ4v) is 0.964. The largest absolute Gasteiger partial charge is 0.451 e. The van der Waals surface area contributed by atoms with Crippen molar-refractivity contribution in [3.8, 4) is 0 Å². The third-order valence-electron chi connectivity index (χ3n) is 1.92. The molecule has 0 atom stereocenters. The van der Waals surface area contributed by atoms with Crippen molar-refractivity contribution in [2.75, 3.05) is 0 Å². The third-order valence-corrected chi connectivity index (χ3v) is 1.92. The van der Waals surface area contributed by atoms with Gasteiger partial charge in [-0.25, -0.2) is 4.79 Å². The van der Waals surface area contributed by atoms with E-state index in [2.05, 4.69) is 26.3 Å². The van der Waals surface area contributed by atoms with Crippen LogP contribution >= 0.6 is 0 Å². The van der Waals surface area contributed by atoms with E-state index in [4.69, 9.17) is 4.74 Å². The Balaban J connectivity index is 0.000000327. The molecule has 0 bridgehead atoms. The summed E-state index contributed by atoms with van der Waals surface area (Å²) >= 11 is 0. The lowest BCUT2D eigenvalue weighted by molar-refractivity contribution is -0.139. The van der Waals surface area contributed by atoms with Crippen molar-refractivity contribution in [1.29, 1.82) is 0 Å². The lowest BCUT2D eigenvalue weighted by Gasteiger charge is -2.05. The molecule has 94 valence electrons. The van der Waals surface area contributed by atoms with Crippen LogP contribution in [0.1, 0.15) is 5.56 Å². The molecule has 0 aliphatic heterocycles. The Morgan fingerprint density at radius 3 is 1.94 bits per heavy atom. The van der Waals surface area contributed by atoms with Gasteiger partial charge in [0.25, 0.3) is 0 Å². The van der Waals surface area contributed by atoms with Gasteiger partial charge in [-0.05, 0) is 17.7 Å². The second kappa shape index (κ2) is 9.85. The second-order valence-corrected chi connectivity index (χ2v) is 3.19. The molecule has 0 heterocycles. The van der Waals surface area contributed by atoms with Crippen LogP contribution in [0.15, 0.2) is 74.9 Å².